The quantitative estimate of drug-likeness (QED) is 0.804. The molecule has 132 valence electrons. The molecule has 5 nitrogen and oxygen atoms in total. The monoisotopic (exact) mass is 370 g/mol. The number of carbonyl (C=O) groups is 1. The molecule has 0 N–H and O–H groups in total. The molecule has 0 unspecified atom stereocenters. The third-order valence-corrected chi connectivity index (χ3v) is 7.94. The van der Waals surface area contributed by atoms with Gasteiger partial charge in [0.15, 0.2) is 0 Å². The Hall–Kier alpha value is -1.11. The topological polar surface area (TPSA) is 57.7 Å². The first-order chi connectivity index (χ1) is 11.3. The van der Waals surface area contributed by atoms with Gasteiger partial charge in [0.1, 0.15) is 4.90 Å². The summed E-state index contributed by atoms with van der Waals surface area (Å²) < 4.78 is 27.5. The first-order valence-electron chi connectivity index (χ1n) is 8.24. The minimum Gasteiger partial charge on any atom is -0.345 e. The molecule has 2 saturated heterocycles. The summed E-state index contributed by atoms with van der Waals surface area (Å²) in [5.41, 5.74) is 0.732. The van der Waals surface area contributed by atoms with Crippen molar-refractivity contribution in [3.8, 4) is 0 Å². The number of piperidine rings is 2. The first-order valence-corrected chi connectivity index (χ1v) is 10.1. The number of likely N-dealkylation sites (tertiary alicyclic amines) is 1. The largest absolute Gasteiger partial charge is 0.345 e. The summed E-state index contributed by atoms with van der Waals surface area (Å²) in [5, 5.41) is 0.276. The number of hydrogen-bond acceptors (Lipinski definition) is 3. The van der Waals surface area contributed by atoms with Gasteiger partial charge in [-0.25, -0.2) is 8.42 Å². The zero-order valence-corrected chi connectivity index (χ0v) is 15.7. The summed E-state index contributed by atoms with van der Waals surface area (Å²) in [7, 11) is -1.75. The Balaban J connectivity index is 1.78. The van der Waals surface area contributed by atoms with Gasteiger partial charge in [-0.1, -0.05) is 23.7 Å². The Bertz CT molecular complexity index is 735. The molecule has 1 amide bonds. The Labute approximate surface area is 148 Å². The van der Waals surface area contributed by atoms with E-state index in [1.165, 1.54) is 0 Å². The first kappa shape index (κ1) is 17.7. The normalized spacial score (nSPS) is 22.1. The molecule has 0 atom stereocenters. The maximum absolute atomic E-state index is 13.0. The lowest BCUT2D eigenvalue weighted by molar-refractivity contribution is -0.136. The van der Waals surface area contributed by atoms with Crippen molar-refractivity contribution in [2.24, 2.45) is 5.41 Å². The maximum Gasteiger partial charge on any atom is 0.244 e. The minimum absolute atomic E-state index is 0.0597. The summed E-state index contributed by atoms with van der Waals surface area (Å²) in [6.07, 6.45) is 2.99. The van der Waals surface area contributed by atoms with Crippen molar-refractivity contribution < 1.29 is 13.2 Å². The van der Waals surface area contributed by atoms with Gasteiger partial charge in [0.25, 0.3) is 0 Å². The summed E-state index contributed by atoms with van der Waals surface area (Å²) in [5.74, 6) is 0.183. The van der Waals surface area contributed by atoms with Crippen molar-refractivity contribution in [1.29, 1.82) is 0 Å². The molecule has 0 saturated carbocycles. The van der Waals surface area contributed by atoms with Crippen LogP contribution >= 0.6 is 11.6 Å². The highest BCUT2D eigenvalue weighted by molar-refractivity contribution is 7.89. The molecule has 2 aliphatic rings. The molecule has 2 heterocycles. The van der Waals surface area contributed by atoms with Crippen molar-refractivity contribution in [2.75, 3.05) is 26.7 Å². The molecule has 1 aromatic carbocycles. The predicted octanol–water partition coefficient (Wildman–Crippen LogP) is 2.67. The van der Waals surface area contributed by atoms with E-state index in [1.54, 1.807) is 34.3 Å². The SMILES string of the molecule is Cc1cccc(Cl)c1S(=O)(=O)N1CCC2(CCC(=O)N(C)C2)CC1. The van der Waals surface area contributed by atoms with E-state index in [0.717, 1.165) is 25.8 Å². The van der Waals surface area contributed by atoms with E-state index < -0.39 is 10.0 Å². The van der Waals surface area contributed by atoms with Gasteiger partial charge < -0.3 is 4.90 Å². The van der Waals surface area contributed by atoms with Gasteiger partial charge in [-0.2, -0.15) is 4.31 Å². The van der Waals surface area contributed by atoms with E-state index in [4.69, 9.17) is 11.6 Å². The Morgan fingerprint density at radius 2 is 1.83 bits per heavy atom. The van der Waals surface area contributed by atoms with E-state index >= 15 is 0 Å². The summed E-state index contributed by atoms with van der Waals surface area (Å²) >= 11 is 6.16. The molecule has 0 bridgehead atoms. The van der Waals surface area contributed by atoms with Crippen LogP contribution in [0.25, 0.3) is 0 Å². The zero-order valence-electron chi connectivity index (χ0n) is 14.1. The Morgan fingerprint density at radius 3 is 2.42 bits per heavy atom. The lowest BCUT2D eigenvalue weighted by Gasteiger charge is -2.46. The summed E-state index contributed by atoms with van der Waals surface area (Å²) in [6, 6.07) is 5.15. The van der Waals surface area contributed by atoms with Crippen LogP contribution in [0, 0.1) is 12.3 Å². The van der Waals surface area contributed by atoms with Crippen LogP contribution in [-0.4, -0.2) is 50.2 Å². The van der Waals surface area contributed by atoms with Crippen LogP contribution in [0.3, 0.4) is 0 Å². The number of hydrogen-bond donors (Lipinski definition) is 0. The molecular formula is C17H23ClN2O3S. The smallest absolute Gasteiger partial charge is 0.244 e. The lowest BCUT2D eigenvalue weighted by Crippen LogP contribution is -2.51. The van der Waals surface area contributed by atoms with Crippen molar-refractivity contribution in [2.45, 2.75) is 37.5 Å². The zero-order chi connectivity index (χ0) is 17.5. The molecule has 2 fully saturated rings. The number of nitrogens with zero attached hydrogens (tertiary/aromatic N) is 2. The number of aryl methyl sites for hydroxylation is 1. The standard InChI is InChI=1S/C17H23ClN2O3S/c1-13-4-3-5-14(18)16(13)24(22,23)20-10-8-17(9-11-20)7-6-15(21)19(2)12-17/h3-5H,6-12H2,1-2H3. The van der Waals surface area contributed by atoms with Crippen molar-refractivity contribution in [3.63, 3.8) is 0 Å². The second kappa shape index (κ2) is 6.32. The highest BCUT2D eigenvalue weighted by atomic mass is 35.5. The molecule has 3 rings (SSSR count). The molecule has 1 aromatic rings. The number of amides is 1. The second-order valence-electron chi connectivity index (χ2n) is 7.04. The highest BCUT2D eigenvalue weighted by Gasteiger charge is 2.42. The van der Waals surface area contributed by atoms with Gasteiger partial charge in [0, 0.05) is 33.1 Å². The third kappa shape index (κ3) is 3.07. The van der Waals surface area contributed by atoms with Crippen LogP contribution in [-0.2, 0) is 14.8 Å². The molecule has 1 spiro atoms. The molecule has 0 radical (unpaired) electrons. The van der Waals surface area contributed by atoms with Gasteiger partial charge in [-0.05, 0) is 43.2 Å². The number of sulfonamides is 1. The van der Waals surface area contributed by atoms with E-state index in [0.29, 0.717) is 25.1 Å². The van der Waals surface area contributed by atoms with Crippen molar-refractivity contribution in [3.05, 3.63) is 28.8 Å². The third-order valence-electron chi connectivity index (χ3n) is 5.41. The fourth-order valence-corrected chi connectivity index (χ4v) is 6.14. The van der Waals surface area contributed by atoms with Crippen molar-refractivity contribution in [1.82, 2.24) is 9.21 Å². The molecular weight excluding hydrogens is 348 g/mol. The fraction of sp³-hybridized carbons (Fsp3) is 0.588. The molecule has 0 aliphatic carbocycles. The Kier molecular flexibility index (Phi) is 4.66. The van der Waals surface area contributed by atoms with Crippen LogP contribution in [0.15, 0.2) is 23.1 Å². The lowest BCUT2D eigenvalue weighted by atomic mass is 9.73. The molecule has 7 heteroatoms. The highest BCUT2D eigenvalue weighted by Crippen LogP contribution is 2.41. The van der Waals surface area contributed by atoms with E-state index in [-0.39, 0.29) is 21.2 Å². The van der Waals surface area contributed by atoms with Gasteiger partial charge in [-0.3, -0.25) is 4.79 Å². The predicted molar refractivity (Wildman–Crippen MR) is 93.5 cm³/mol. The van der Waals surface area contributed by atoms with Crippen LogP contribution in [0.4, 0.5) is 0 Å². The fourth-order valence-electron chi connectivity index (χ4n) is 3.91. The van der Waals surface area contributed by atoms with E-state index in [2.05, 4.69) is 0 Å². The van der Waals surface area contributed by atoms with Crippen molar-refractivity contribution >= 4 is 27.5 Å². The Morgan fingerprint density at radius 1 is 1.17 bits per heavy atom. The van der Waals surface area contributed by atoms with Crippen LogP contribution < -0.4 is 0 Å². The van der Waals surface area contributed by atoms with Gasteiger partial charge in [-0.15, -0.1) is 0 Å². The number of halogens is 1. The van der Waals surface area contributed by atoms with Gasteiger partial charge >= 0.3 is 0 Å². The average molecular weight is 371 g/mol. The number of rotatable bonds is 2. The van der Waals surface area contributed by atoms with Crippen LogP contribution in [0.2, 0.25) is 5.02 Å². The molecule has 0 aromatic heterocycles. The molecule has 2 aliphatic heterocycles. The van der Waals surface area contributed by atoms with Crippen LogP contribution in [0.5, 0.6) is 0 Å². The van der Waals surface area contributed by atoms with Gasteiger partial charge in [0.05, 0.1) is 5.02 Å². The number of carbonyl (C=O) groups excluding carboxylic acids is 1. The van der Waals surface area contributed by atoms with E-state index in [1.807, 2.05) is 7.05 Å². The summed E-state index contributed by atoms with van der Waals surface area (Å²) in [6.45, 7) is 3.46. The van der Waals surface area contributed by atoms with Crippen LogP contribution in [0.1, 0.15) is 31.2 Å². The minimum atomic E-state index is -3.58. The summed E-state index contributed by atoms with van der Waals surface area (Å²) in [4.78, 5) is 13.7. The van der Waals surface area contributed by atoms with Gasteiger partial charge in [0.2, 0.25) is 15.9 Å². The number of benzene rings is 1. The second-order valence-corrected chi connectivity index (χ2v) is 9.32. The molecule has 24 heavy (non-hydrogen) atoms. The average Bonchev–Trinajstić information content (AvgIpc) is 2.51. The maximum atomic E-state index is 13.0. The van der Waals surface area contributed by atoms with E-state index in [9.17, 15) is 13.2 Å².